The van der Waals surface area contributed by atoms with Gasteiger partial charge in [-0.05, 0) is 0 Å². The third kappa shape index (κ3) is 77700. The van der Waals surface area contributed by atoms with Crippen molar-refractivity contribution in [3.63, 3.8) is 0 Å². The molecule has 19 heteroatoms. The molecule has 0 aliphatic heterocycles. The molecule has 0 aromatic rings. The van der Waals surface area contributed by atoms with Gasteiger partial charge in [0, 0.05) is 0 Å². The normalized spacial score (nSPS) is 6.48. The second-order valence-electron chi connectivity index (χ2n) is 2.06. The Morgan fingerprint density at radius 3 is 0.520 bits per heavy atom. The zero-order chi connectivity index (χ0) is 21.0. The van der Waals surface area contributed by atoms with Crippen molar-refractivity contribution in [2.45, 2.75) is 0 Å². The Morgan fingerprint density at radius 1 is 0.480 bits per heavy atom. The molecule has 0 aliphatic rings. The molecule has 0 spiro atoms. The highest BCUT2D eigenvalue weighted by Crippen LogP contribution is 1.41. The highest BCUT2D eigenvalue weighted by molar-refractivity contribution is 4.07. The summed E-state index contributed by atoms with van der Waals surface area (Å²) in [4.78, 5) is 25.1. The molecule has 0 fully saturated rings. The summed E-state index contributed by atoms with van der Waals surface area (Å²) in [7, 11) is 0. The van der Waals surface area contributed by atoms with Gasteiger partial charge in [0.25, 0.3) is 15.3 Å². The van der Waals surface area contributed by atoms with Crippen molar-refractivity contribution in [2.24, 2.45) is 0 Å². The Balaban J connectivity index is -0.0000000309. The van der Waals surface area contributed by atoms with Crippen LogP contribution in [-0.2, 0) is 0 Å². The van der Waals surface area contributed by atoms with Gasteiger partial charge >= 0.3 is 0 Å². The second-order valence-corrected chi connectivity index (χ2v) is 2.06. The lowest BCUT2D eigenvalue weighted by molar-refractivity contribution is -0.742. The summed E-state index contributed by atoms with van der Waals surface area (Å²) in [5.41, 5.74) is 0. The maximum absolute atomic E-state index is 8.36. The van der Waals surface area contributed by atoms with Crippen LogP contribution in [0.3, 0.4) is 0 Å². The molecule has 19 nitrogen and oxygen atoms in total. The van der Waals surface area contributed by atoms with Gasteiger partial charge < -0.3 is 52.4 Å². The predicted molar refractivity (Wildman–Crippen MR) is 73.9 cm³/mol. The molecule has 158 valence electrons. The van der Waals surface area contributed by atoms with Crippen molar-refractivity contribution >= 4 is 0 Å². The lowest BCUT2D eigenvalue weighted by atomic mass is 10.8. The van der Waals surface area contributed by atoms with Crippen LogP contribution in [0.2, 0.25) is 0 Å². The Kier molecular flexibility index (Phi) is 100. The van der Waals surface area contributed by atoms with Crippen LogP contribution in [0, 0.1) is 30.3 Å². The smallest absolute Gasteiger partial charge is 0.291 e. The molecule has 0 aliphatic carbocycles. The first-order valence-electron chi connectivity index (χ1n) is 5.09. The SMILES string of the molecule is N.O=[N+]([O-])O.O=[N+]([O-])O.O=[N+]([O-])O.OCCO.OCCO.OCCO. The Labute approximate surface area is 139 Å². The van der Waals surface area contributed by atoms with Crippen molar-refractivity contribution < 1.29 is 61.5 Å². The van der Waals surface area contributed by atoms with Gasteiger partial charge in [-0.2, -0.15) is 0 Å². The van der Waals surface area contributed by atoms with Crippen LogP contribution in [0.25, 0.3) is 0 Å². The Morgan fingerprint density at radius 2 is 0.520 bits per heavy atom. The fraction of sp³-hybridized carbons (Fsp3) is 1.00. The molecule has 0 unspecified atom stereocenters. The highest BCUT2D eigenvalue weighted by atomic mass is 16.9. The summed E-state index contributed by atoms with van der Waals surface area (Å²) in [5, 5.41) is 86.7. The number of hydrogen-bond acceptors (Lipinski definition) is 13. The molecule has 0 radical (unpaired) electrons. The van der Waals surface area contributed by atoms with E-state index in [-0.39, 0.29) is 45.8 Å². The standard InChI is InChI=1S/3C2H6O2.3HNO3.H3N/c3*3-1-2-4;3*2-1(3)4;/h3*3-4H,1-2H2;3*(H,2,3,4);1H3. The Hall–Kier alpha value is -2.68. The minimum absolute atomic E-state index is 0. The zero-order valence-electron chi connectivity index (χ0n) is 12.8. The fourth-order valence-corrected chi connectivity index (χ4v) is 0. The van der Waals surface area contributed by atoms with E-state index in [4.69, 9.17) is 76.6 Å². The Bertz CT molecular complexity index is 186. The first kappa shape index (κ1) is 43.2. The zero-order valence-corrected chi connectivity index (χ0v) is 12.8. The molecule has 0 heterocycles. The minimum Gasteiger partial charge on any atom is -0.394 e. The van der Waals surface area contributed by atoms with Gasteiger partial charge in [0.2, 0.25) is 0 Å². The number of nitrogens with zero attached hydrogens (tertiary/aromatic N) is 3. The second kappa shape index (κ2) is 58.0. The van der Waals surface area contributed by atoms with Gasteiger partial charge in [0.05, 0.1) is 39.6 Å². The van der Waals surface area contributed by atoms with Crippen LogP contribution in [0.1, 0.15) is 0 Å². The molecule has 12 N–H and O–H groups in total. The van der Waals surface area contributed by atoms with Crippen LogP contribution in [0.15, 0.2) is 0 Å². The van der Waals surface area contributed by atoms with Gasteiger partial charge in [0.1, 0.15) is 0 Å². The molecular formula is C6H24N4O15. The molecule has 25 heavy (non-hydrogen) atoms. The number of rotatable bonds is 3. The van der Waals surface area contributed by atoms with Crippen LogP contribution in [0.5, 0.6) is 0 Å². The quantitative estimate of drug-likeness (QED) is 0.161. The molecule has 0 bridgehead atoms. The molecule has 0 atom stereocenters. The van der Waals surface area contributed by atoms with Gasteiger partial charge in [0.15, 0.2) is 0 Å². The fourth-order valence-electron chi connectivity index (χ4n) is 0. The summed E-state index contributed by atoms with van der Waals surface area (Å²) in [6.45, 7) is -0.750. The van der Waals surface area contributed by atoms with Gasteiger partial charge in [-0.15, -0.1) is 30.3 Å². The topological polar surface area (TPSA) is 346 Å². The molecule has 0 rings (SSSR count). The van der Waals surface area contributed by atoms with Gasteiger partial charge in [-0.25, -0.2) is 0 Å². The number of aliphatic hydroxyl groups is 6. The van der Waals surface area contributed by atoms with Crippen molar-refractivity contribution in [3.05, 3.63) is 30.3 Å². The molecule has 0 amide bonds. The number of hydrogen-bond donors (Lipinski definition) is 10. The summed E-state index contributed by atoms with van der Waals surface area (Å²) in [6.07, 6.45) is 0. The van der Waals surface area contributed by atoms with E-state index in [1.165, 1.54) is 0 Å². The van der Waals surface area contributed by atoms with Crippen molar-refractivity contribution in [3.8, 4) is 0 Å². The van der Waals surface area contributed by atoms with E-state index in [9.17, 15) is 0 Å². The lowest BCUT2D eigenvalue weighted by Crippen LogP contribution is -1.85. The predicted octanol–water partition coefficient (Wildman–Crippen LogP) is -3.97. The largest absolute Gasteiger partial charge is 0.394 e. The molecule has 0 saturated heterocycles. The van der Waals surface area contributed by atoms with Gasteiger partial charge in [-0.1, -0.05) is 0 Å². The van der Waals surface area contributed by atoms with E-state index in [2.05, 4.69) is 0 Å². The van der Waals surface area contributed by atoms with Crippen molar-refractivity contribution in [1.29, 1.82) is 0 Å². The van der Waals surface area contributed by atoms with E-state index in [1.54, 1.807) is 0 Å². The third-order valence-electron chi connectivity index (χ3n) is 0.300. The van der Waals surface area contributed by atoms with Crippen LogP contribution in [-0.4, -0.2) is 101 Å². The summed E-state index contributed by atoms with van der Waals surface area (Å²) in [6, 6.07) is 0. The summed E-state index contributed by atoms with van der Waals surface area (Å²) < 4.78 is 0. The van der Waals surface area contributed by atoms with E-state index in [0.29, 0.717) is 0 Å². The lowest BCUT2D eigenvalue weighted by Gasteiger charge is -1.70. The van der Waals surface area contributed by atoms with E-state index < -0.39 is 15.3 Å². The van der Waals surface area contributed by atoms with E-state index in [0.717, 1.165) is 0 Å². The monoisotopic (exact) mass is 392 g/mol. The molecule has 0 aromatic heterocycles. The van der Waals surface area contributed by atoms with E-state index >= 15 is 0 Å². The van der Waals surface area contributed by atoms with Crippen LogP contribution >= 0.6 is 0 Å². The molecular weight excluding hydrogens is 368 g/mol. The number of aliphatic hydroxyl groups excluding tert-OH is 6. The summed E-state index contributed by atoms with van der Waals surface area (Å²) >= 11 is 0. The maximum atomic E-state index is 8.36. The van der Waals surface area contributed by atoms with Crippen LogP contribution < -0.4 is 6.15 Å². The van der Waals surface area contributed by atoms with Gasteiger partial charge in [-0.3, -0.25) is 0 Å². The van der Waals surface area contributed by atoms with Crippen molar-refractivity contribution in [2.75, 3.05) is 39.6 Å². The van der Waals surface area contributed by atoms with E-state index in [1.807, 2.05) is 0 Å². The average molecular weight is 392 g/mol. The van der Waals surface area contributed by atoms with Crippen LogP contribution in [0.4, 0.5) is 0 Å². The first-order chi connectivity index (χ1) is 10.9. The van der Waals surface area contributed by atoms with Crippen molar-refractivity contribution in [1.82, 2.24) is 6.15 Å². The average Bonchev–Trinajstić information content (AvgIpc) is 2.45. The molecule has 0 aromatic carbocycles. The minimum atomic E-state index is -1.50. The highest BCUT2D eigenvalue weighted by Gasteiger charge is 1.66. The first-order valence-corrected chi connectivity index (χ1v) is 5.09. The summed E-state index contributed by atoms with van der Waals surface area (Å²) in [5.74, 6) is 0. The third-order valence-corrected chi connectivity index (χ3v) is 0.300. The molecule has 0 saturated carbocycles. The maximum Gasteiger partial charge on any atom is 0.291 e.